The van der Waals surface area contributed by atoms with Gasteiger partial charge in [0.2, 0.25) is 0 Å². The molecule has 0 saturated carbocycles. The van der Waals surface area contributed by atoms with Crippen molar-refractivity contribution >= 4 is 40.5 Å². The van der Waals surface area contributed by atoms with Crippen molar-refractivity contribution in [2.45, 2.75) is 13.0 Å². The molecule has 3 rings (SSSR count). The van der Waals surface area contributed by atoms with Crippen LogP contribution in [0.5, 0.6) is 0 Å². The first-order valence-corrected chi connectivity index (χ1v) is 10.8. The summed E-state index contributed by atoms with van der Waals surface area (Å²) in [6.45, 7) is 2.38. The number of nitrogens with one attached hydrogen (secondary N) is 4. The first-order chi connectivity index (χ1) is 14.9. The van der Waals surface area contributed by atoms with Gasteiger partial charge in [-0.2, -0.15) is 0 Å². The van der Waals surface area contributed by atoms with Crippen LogP contribution in [0.15, 0.2) is 66.0 Å². The maximum atomic E-state index is 12.5. The minimum Gasteiger partial charge on any atom is -0.336 e. The van der Waals surface area contributed by atoms with E-state index in [-0.39, 0.29) is 18.1 Å². The van der Waals surface area contributed by atoms with Crippen molar-refractivity contribution in [1.29, 1.82) is 0 Å². The average molecular weight is 438 g/mol. The van der Waals surface area contributed by atoms with Gasteiger partial charge in [0, 0.05) is 28.5 Å². The van der Waals surface area contributed by atoms with Crippen molar-refractivity contribution < 1.29 is 9.59 Å². The summed E-state index contributed by atoms with van der Waals surface area (Å²) in [6.07, 6.45) is 0. The number of amides is 4. The molecule has 0 aliphatic carbocycles. The van der Waals surface area contributed by atoms with Crippen LogP contribution >= 0.6 is 11.3 Å². The number of hydrogen-bond donors (Lipinski definition) is 4. The highest BCUT2D eigenvalue weighted by Gasteiger charge is 2.16. The van der Waals surface area contributed by atoms with E-state index in [9.17, 15) is 9.59 Å². The molecule has 1 atom stereocenters. The van der Waals surface area contributed by atoms with E-state index >= 15 is 0 Å². The molecule has 1 heterocycles. The summed E-state index contributed by atoms with van der Waals surface area (Å²) in [5.74, 6) is 0. The SMILES string of the molecule is Cc1ccc(NC(=O)Nc2ccccc2)cc1NC(=O)NCC(c1cccs1)N(C)C. The van der Waals surface area contributed by atoms with Crippen molar-refractivity contribution in [3.05, 3.63) is 76.5 Å². The van der Waals surface area contributed by atoms with Crippen LogP contribution in [-0.4, -0.2) is 37.6 Å². The Bertz CT molecular complexity index is 1010. The fraction of sp³-hybridized carbons (Fsp3) is 0.217. The number of nitrogens with zero attached hydrogens (tertiary/aromatic N) is 1. The van der Waals surface area contributed by atoms with Gasteiger partial charge < -0.3 is 26.2 Å². The van der Waals surface area contributed by atoms with Gasteiger partial charge in [-0.25, -0.2) is 9.59 Å². The first-order valence-electron chi connectivity index (χ1n) is 9.91. The molecule has 1 aromatic heterocycles. The number of thiophene rings is 1. The number of rotatable bonds is 7. The highest BCUT2D eigenvalue weighted by Crippen LogP contribution is 2.23. The molecule has 4 N–H and O–H groups in total. The number of anilines is 3. The molecule has 0 saturated heterocycles. The van der Waals surface area contributed by atoms with Gasteiger partial charge in [-0.3, -0.25) is 0 Å². The molecule has 4 amide bonds. The second-order valence-electron chi connectivity index (χ2n) is 7.30. The third kappa shape index (κ3) is 6.56. The Morgan fingerprint density at radius 1 is 0.903 bits per heavy atom. The summed E-state index contributed by atoms with van der Waals surface area (Å²) < 4.78 is 0. The molecule has 0 spiro atoms. The number of aryl methyl sites for hydroxylation is 1. The topological polar surface area (TPSA) is 85.5 Å². The normalized spacial score (nSPS) is 11.6. The standard InChI is InChI=1S/C23H27N5O2S/c1-16-11-12-18(26-23(30)25-17-8-5-4-6-9-17)14-19(16)27-22(29)24-15-20(28(2)3)21-10-7-13-31-21/h4-14,20H,15H2,1-3H3,(H2,24,27,29)(H2,25,26,30). The molecule has 8 heteroatoms. The zero-order valence-electron chi connectivity index (χ0n) is 17.8. The van der Waals surface area contributed by atoms with Gasteiger partial charge in [0.1, 0.15) is 0 Å². The molecule has 0 aliphatic rings. The average Bonchev–Trinajstić information content (AvgIpc) is 3.25. The number of para-hydroxylation sites is 1. The van der Waals surface area contributed by atoms with Crippen LogP contribution in [0.4, 0.5) is 26.7 Å². The Hall–Kier alpha value is -3.36. The maximum absolute atomic E-state index is 12.5. The van der Waals surface area contributed by atoms with Crippen molar-refractivity contribution in [3.8, 4) is 0 Å². The van der Waals surface area contributed by atoms with Crippen molar-refractivity contribution in [2.24, 2.45) is 0 Å². The Balaban J connectivity index is 1.58. The van der Waals surface area contributed by atoms with Crippen LogP contribution < -0.4 is 21.3 Å². The van der Waals surface area contributed by atoms with Gasteiger partial charge in [0.15, 0.2) is 0 Å². The van der Waals surface area contributed by atoms with Gasteiger partial charge in [-0.05, 0) is 62.3 Å². The molecule has 0 aliphatic heterocycles. The largest absolute Gasteiger partial charge is 0.336 e. The van der Waals surface area contributed by atoms with E-state index in [1.54, 1.807) is 23.5 Å². The number of urea groups is 2. The molecular formula is C23H27N5O2S. The van der Waals surface area contributed by atoms with E-state index in [0.717, 1.165) is 5.56 Å². The van der Waals surface area contributed by atoms with E-state index in [0.29, 0.717) is 23.6 Å². The lowest BCUT2D eigenvalue weighted by atomic mass is 10.2. The number of hydrogen-bond acceptors (Lipinski definition) is 4. The molecule has 0 fully saturated rings. The molecule has 2 aromatic carbocycles. The number of benzene rings is 2. The fourth-order valence-corrected chi connectivity index (χ4v) is 3.95. The summed E-state index contributed by atoms with van der Waals surface area (Å²) in [5, 5.41) is 13.4. The Kier molecular flexibility index (Phi) is 7.64. The molecule has 31 heavy (non-hydrogen) atoms. The highest BCUT2D eigenvalue weighted by molar-refractivity contribution is 7.10. The zero-order valence-corrected chi connectivity index (χ0v) is 18.6. The van der Waals surface area contributed by atoms with Gasteiger partial charge in [-0.15, -0.1) is 11.3 Å². The number of carbonyl (C=O) groups excluding carboxylic acids is 2. The molecule has 162 valence electrons. The molecule has 7 nitrogen and oxygen atoms in total. The van der Waals surface area contributed by atoms with E-state index in [2.05, 4.69) is 32.2 Å². The van der Waals surface area contributed by atoms with Crippen LogP contribution in [0.25, 0.3) is 0 Å². The van der Waals surface area contributed by atoms with Gasteiger partial charge in [-0.1, -0.05) is 30.3 Å². The highest BCUT2D eigenvalue weighted by atomic mass is 32.1. The zero-order chi connectivity index (χ0) is 22.2. The van der Waals surface area contributed by atoms with Crippen LogP contribution in [0, 0.1) is 6.92 Å². The Morgan fingerprint density at radius 3 is 2.32 bits per heavy atom. The second kappa shape index (κ2) is 10.6. The van der Waals surface area contributed by atoms with E-state index in [1.165, 1.54) is 4.88 Å². The van der Waals surface area contributed by atoms with Crippen LogP contribution in [-0.2, 0) is 0 Å². The van der Waals surface area contributed by atoms with Gasteiger partial charge in [0.05, 0.1) is 6.04 Å². The summed E-state index contributed by atoms with van der Waals surface area (Å²) in [7, 11) is 3.98. The summed E-state index contributed by atoms with van der Waals surface area (Å²) >= 11 is 1.67. The lowest BCUT2D eigenvalue weighted by Gasteiger charge is -2.23. The predicted octanol–water partition coefficient (Wildman–Crippen LogP) is 5.12. The van der Waals surface area contributed by atoms with Crippen molar-refractivity contribution in [3.63, 3.8) is 0 Å². The summed E-state index contributed by atoms with van der Waals surface area (Å²) in [5.41, 5.74) is 2.81. The summed E-state index contributed by atoms with van der Waals surface area (Å²) in [4.78, 5) is 28.0. The smallest absolute Gasteiger partial charge is 0.323 e. The summed E-state index contributed by atoms with van der Waals surface area (Å²) in [6, 6.07) is 18.1. The molecule has 0 radical (unpaired) electrons. The van der Waals surface area contributed by atoms with Crippen LogP contribution in [0.3, 0.4) is 0 Å². The molecular weight excluding hydrogens is 410 g/mol. The minimum absolute atomic E-state index is 0.0986. The number of carbonyl (C=O) groups is 2. The number of likely N-dealkylation sites (N-methyl/N-ethyl adjacent to an activating group) is 1. The Morgan fingerprint density at radius 2 is 1.65 bits per heavy atom. The fourth-order valence-electron chi connectivity index (χ4n) is 3.02. The molecule has 1 unspecified atom stereocenters. The van der Waals surface area contributed by atoms with Crippen LogP contribution in [0.2, 0.25) is 0 Å². The minimum atomic E-state index is -0.352. The van der Waals surface area contributed by atoms with E-state index in [1.807, 2.05) is 68.9 Å². The second-order valence-corrected chi connectivity index (χ2v) is 8.28. The van der Waals surface area contributed by atoms with Crippen molar-refractivity contribution in [1.82, 2.24) is 10.2 Å². The lowest BCUT2D eigenvalue weighted by molar-refractivity contribution is 0.244. The predicted molar refractivity (Wildman–Crippen MR) is 128 cm³/mol. The lowest BCUT2D eigenvalue weighted by Crippen LogP contribution is -2.36. The third-order valence-corrected chi connectivity index (χ3v) is 5.70. The molecule has 0 bridgehead atoms. The quantitative estimate of drug-likeness (QED) is 0.414. The van der Waals surface area contributed by atoms with Gasteiger partial charge >= 0.3 is 12.1 Å². The first kappa shape index (κ1) is 22.3. The van der Waals surface area contributed by atoms with E-state index in [4.69, 9.17) is 0 Å². The monoisotopic (exact) mass is 437 g/mol. The third-order valence-electron chi connectivity index (χ3n) is 4.73. The van der Waals surface area contributed by atoms with Crippen LogP contribution in [0.1, 0.15) is 16.5 Å². The molecule has 3 aromatic rings. The maximum Gasteiger partial charge on any atom is 0.323 e. The Labute approximate surface area is 186 Å². The van der Waals surface area contributed by atoms with Crippen molar-refractivity contribution in [2.75, 3.05) is 36.6 Å². The van der Waals surface area contributed by atoms with E-state index < -0.39 is 0 Å². The van der Waals surface area contributed by atoms with Gasteiger partial charge in [0.25, 0.3) is 0 Å².